The van der Waals surface area contributed by atoms with Crippen LogP contribution in [-0.2, 0) is 16.0 Å². The van der Waals surface area contributed by atoms with E-state index in [0.717, 1.165) is 24.3 Å². The monoisotopic (exact) mass is 295 g/mol. The maximum Gasteiger partial charge on any atom is 0.416 e. The minimum absolute atomic E-state index is 0.117. The molecule has 0 aliphatic rings. The van der Waals surface area contributed by atoms with E-state index in [0.29, 0.717) is 0 Å². The minimum Gasteiger partial charge on any atom is -0.328 e. The van der Waals surface area contributed by atoms with Crippen molar-refractivity contribution in [1.29, 1.82) is 0 Å². The number of nitrogens with two attached hydrogens (primary N) is 1. The lowest BCUT2D eigenvalue weighted by Gasteiger charge is -2.15. The van der Waals surface area contributed by atoms with Gasteiger partial charge < -0.3 is 5.73 Å². The summed E-state index contributed by atoms with van der Waals surface area (Å²) in [7, 11) is -3.64. The van der Waals surface area contributed by atoms with E-state index in [-0.39, 0.29) is 17.4 Å². The fraction of sp³-hybridized carbons (Fsp3) is 0.500. The predicted molar refractivity (Wildman–Crippen MR) is 66.4 cm³/mol. The van der Waals surface area contributed by atoms with Crippen molar-refractivity contribution in [2.75, 3.05) is 0 Å². The Labute approximate surface area is 110 Å². The summed E-state index contributed by atoms with van der Waals surface area (Å²) in [5.74, 6) is 0. The van der Waals surface area contributed by atoms with Crippen LogP contribution in [0.5, 0.6) is 0 Å². The number of hydrogen-bond acceptors (Lipinski definition) is 3. The summed E-state index contributed by atoms with van der Waals surface area (Å²) >= 11 is 0. The van der Waals surface area contributed by atoms with Crippen molar-refractivity contribution in [3.63, 3.8) is 0 Å². The molecule has 1 rings (SSSR count). The van der Waals surface area contributed by atoms with E-state index in [4.69, 9.17) is 5.73 Å². The van der Waals surface area contributed by atoms with Crippen LogP contribution in [0.1, 0.15) is 25.8 Å². The third kappa shape index (κ3) is 3.94. The molecule has 2 unspecified atom stereocenters. The second kappa shape index (κ2) is 5.50. The van der Waals surface area contributed by atoms with E-state index in [2.05, 4.69) is 0 Å². The molecule has 2 N–H and O–H groups in total. The van der Waals surface area contributed by atoms with Gasteiger partial charge in [0.1, 0.15) is 0 Å². The van der Waals surface area contributed by atoms with Crippen LogP contribution in [-0.4, -0.2) is 19.7 Å². The summed E-state index contributed by atoms with van der Waals surface area (Å²) in [5.41, 5.74) is 4.67. The number of rotatable bonds is 4. The highest BCUT2D eigenvalue weighted by Gasteiger charge is 2.31. The number of benzene rings is 1. The lowest BCUT2D eigenvalue weighted by atomic mass is 10.2. The topological polar surface area (TPSA) is 60.2 Å². The summed E-state index contributed by atoms with van der Waals surface area (Å²) in [5, 5.41) is -0.732. The van der Waals surface area contributed by atoms with Gasteiger partial charge in [-0.1, -0.05) is 0 Å². The van der Waals surface area contributed by atoms with Gasteiger partial charge in [-0.15, -0.1) is 0 Å². The molecule has 0 saturated heterocycles. The minimum atomic E-state index is -4.47. The van der Waals surface area contributed by atoms with Gasteiger partial charge in [-0.25, -0.2) is 8.42 Å². The first-order valence-electron chi connectivity index (χ1n) is 5.72. The zero-order valence-corrected chi connectivity index (χ0v) is 11.4. The maximum absolute atomic E-state index is 12.4. The van der Waals surface area contributed by atoms with Gasteiger partial charge in [-0.05, 0) is 44.5 Å². The smallest absolute Gasteiger partial charge is 0.328 e. The lowest BCUT2D eigenvalue weighted by molar-refractivity contribution is -0.137. The van der Waals surface area contributed by atoms with E-state index in [1.165, 1.54) is 6.92 Å². The van der Waals surface area contributed by atoms with Crippen molar-refractivity contribution >= 4 is 9.84 Å². The van der Waals surface area contributed by atoms with Gasteiger partial charge >= 0.3 is 6.18 Å². The average molecular weight is 295 g/mol. The summed E-state index contributed by atoms with van der Waals surface area (Å²) in [6.45, 7) is 3.18. The van der Waals surface area contributed by atoms with Gasteiger partial charge in [0.05, 0.1) is 15.7 Å². The van der Waals surface area contributed by atoms with Crippen molar-refractivity contribution in [1.82, 2.24) is 0 Å². The molecule has 3 nitrogen and oxygen atoms in total. The third-order valence-electron chi connectivity index (χ3n) is 2.74. The van der Waals surface area contributed by atoms with Crippen LogP contribution >= 0.6 is 0 Å². The Hall–Kier alpha value is -1.08. The molecular weight excluding hydrogens is 279 g/mol. The highest BCUT2D eigenvalue weighted by molar-refractivity contribution is 7.92. The highest BCUT2D eigenvalue weighted by Crippen LogP contribution is 2.30. The second-order valence-corrected chi connectivity index (χ2v) is 6.96. The van der Waals surface area contributed by atoms with Gasteiger partial charge in [0.25, 0.3) is 0 Å². The first kappa shape index (κ1) is 16.0. The van der Waals surface area contributed by atoms with Crippen molar-refractivity contribution in [3.8, 4) is 0 Å². The number of halogens is 3. The Bertz CT molecular complexity index is 521. The maximum atomic E-state index is 12.4. The largest absolute Gasteiger partial charge is 0.416 e. The molecule has 0 amide bonds. The molecule has 19 heavy (non-hydrogen) atoms. The lowest BCUT2D eigenvalue weighted by Crippen LogP contribution is -2.27. The first-order chi connectivity index (χ1) is 8.55. The van der Waals surface area contributed by atoms with Gasteiger partial charge in [-0.3, -0.25) is 0 Å². The normalized spacial score (nSPS) is 16.1. The van der Waals surface area contributed by atoms with E-state index in [9.17, 15) is 21.6 Å². The number of sulfone groups is 1. The molecule has 0 spiro atoms. The fourth-order valence-corrected chi connectivity index (χ4v) is 3.25. The summed E-state index contributed by atoms with van der Waals surface area (Å²) in [4.78, 5) is -0.117. The van der Waals surface area contributed by atoms with Crippen LogP contribution in [0.2, 0.25) is 0 Å². The van der Waals surface area contributed by atoms with Crippen LogP contribution in [0.25, 0.3) is 0 Å². The van der Waals surface area contributed by atoms with E-state index < -0.39 is 26.8 Å². The molecule has 0 radical (unpaired) electrons. The molecule has 108 valence electrons. The third-order valence-corrected chi connectivity index (χ3v) is 4.92. The van der Waals surface area contributed by atoms with E-state index in [1.54, 1.807) is 6.92 Å². The molecule has 0 aliphatic carbocycles. The molecule has 7 heteroatoms. The van der Waals surface area contributed by atoms with E-state index in [1.807, 2.05) is 0 Å². The molecule has 0 fully saturated rings. The van der Waals surface area contributed by atoms with Gasteiger partial charge in [0.15, 0.2) is 9.84 Å². The van der Waals surface area contributed by atoms with Crippen LogP contribution < -0.4 is 5.73 Å². The zero-order chi connectivity index (χ0) is 14.8. The Kier molecular flexibility index (Phi) is 4.63. The Morgan fingerprint density at radius 2 is 1.63 bits per heavy atom. The van der Waals surface area contributed by atoms with E-state index >= 15 is 0 Å². The predicted octanol–water partition coefficient (Wildman–Crippen LogP) is 2.60. The Morgan fingerprint density at radius 1 is 1.16 bits per heavy atom. The molecule has 1 aromatic rings. The van der Waals surface area contributed by atoms with Gasteiger partial charge in [-0.2, -0.15) is 13.2 Å². The Morgan fingerprint density at radius 3 is 2.00 bits per heavy atom. The summed E-state index contributed by atoms with van der Waals surface area (Å²) in [6.07, 6.45) is -4.22. The molecule has 2 atom stereocenters. The molecule has 0 saturated carbocycles. The quantitative estimate of drug-likeness (QED) is 0.929. The summed E-state index contributed by atoms with van der Waals surface area (Å²) < 4.78 is 61.3. The van der Waals surface area contributed by atoms with Crippen LogP contribution in [0.4, 0.5) is 13.2 Å². The second-order valence-electron chi connectivity index (χ2n) is 4.59. The summed E-state index contributed by atoms with van der Waals surface area (Å²) in [6, 6.07) is 3.21. The van der Waals surface area contributed by atoms with Crippen LogP contribution in [0, 0.1) is 0 Å². The molecule has 0 heterocycles. The fourth-order valence-electron chi connectivity index (χ4n) is 1.72. The molecule has 0 aliphatic heterocycles. The number of alkyl halides is 3. The van der Waals surface area contributed by atoms with Crippen molar-refractivity contribution in [2.24, 2.45) is 5.73 Å². The SMILES string of the molecule is CC(N)CC(C)S(=O)(=O)c1ccc(C(F)(F)F)cc1. The van der Waals surface area contributed by atoms with Crippen molar-refractivity contribution in [3.05, 3.63) is 29.8 Å². The Balaban J connectivity index is 3.04. The number of hydrogen-bond donors (Lipinski definition) is 1. The molecule has 0 bridgehead atoms. The van der Waals surface area contributed by atoms with Crippen molar-refractivity contribution in [2.45, 2.75) is 42.6 Å². The zero-order valence-electron chi connectivity index (χ0n) is 10.6. The first-order valence-corrected chi connectivity index (χ1v) is 7.26. The molecule has 1 aromatic carbocycles. The average Bonchev–Trinajstić information content (AvgIpc) is 2.27. The van der Waals surface area contributed by atoms with Gasteiger partial charge in [0.2, 0.25) is 0 Å². The van der Waals surface area contributed by atoms with Crippen molar-refractivity contribution < 1.29 is 21.6 Å². The molecular formula is C12H16F3NO2S. The van der Waals surface area contributed by atoms with Crippen LogP contribution in [0.15, 0.2) is 29.2 Å². The van der Waals surface area contributed by atoms with Crippen LogP contribution in [0.3, 0.4) is 0 Å². The van der Waals surface area contributed by atoms with Gasteiger partial charge in [0, 0.05) is 6.04 Å². The standard InChI is InChI=1S/C12H16F3NO2S/c1-8(16)7-9(2)19(17,18)11-5-3-10(4-6-11)12(13,14)15/h3-6,8-9H,7,16H2,1-2H3. The molecule has 0 aromatic heterocycles. The highest BCUT2D eigenvalue weighted by atomic mass is 32.2.